The zero-order valence-electron chi connectivity index (χ0n) is 21.1. The van der Waals surface area contributed by atoms with Crippen LogP contribution in [0.3, 0.4) is 0 Å². The lowest BCUT2D eigenvalue weighted by molar-refractivity contribution is 0.0808. The third-order valence-electron chi connectivity index (χ3n) is 6.58. The summed E-state index contributed by atoms with van der Waals surface area (Å²) < 4.78 is 44.5. The number of nitrogens with two attached hydrogens (primary N) is 1. The molecule has 0 saturated heterocycles. The normalized spacial score (nSPS) is 20.1. The van der Waals surface area contributed by atoms with Gasteiger partial charge in [0.05, 0.1) is 23.0 Å². The minimum absolute atomic E-state index is 0.00239. The Labute approximate surface area is 214 Å². The molecular formula is C28H31F3N4O2. The number of anilines is 1. The Morgan fingerprint density at radius 3 is 2.46 bits per heavy atom. The molecule has 9 heteroatoms. The van der Waals surface area contributed by atoms with Gasteiger partial charge >= 0.3 is 0 Å². The smallest absolute Gasteiger partial charge is 0.274 e. The second kappa shape index (κ2) is 10.6. The Morgan fingerprint density at radius 1 is 1.11 bits per heavy atom. The van der Waals surface area contributed by atoms with E-state index >= 15 is 0 Å². The fourth-order valence-corrected chi connectivity index (χ4v) is 5.16. The molecule has 3 aromatic rings. The molecule has 0 bridgehead atoms. The van der Waals surface area contributed by atoms with Crippen molar-refractivity contribution in [3.05, 3.63) is 77.0 Å². The summed E-state index contributed by atoms with van der Waals surface area (Å²) in [6.45, 7) is 5.17. The van der Waals surface area contributed by atoms with E-state index in [1.54, 1.807) is 6.20 Å². The Hall–Kier alpha value is -3.30. The van der Waals surface area contributed by atoms with Crippen molar-refractivity contribution >= 4 is 11.6 Å². The molecule has 0 unspecified atom stereocenters. The first-order valence-electron chi connectivity index (χ1n) is 12.3. The van der Waals surface area contributed by atoms with Crippen LogP contribution >= 0.6 is 0 Å². The Bertz CT molecular complexity index is 1280. The maximum absolute atomic E-state index is 14.9. The quantitative estimate of drug-likeness (QED) is 0.413. The molecule has 0 radical (unpaired) electrons. The maximum Gasteiger partial charge on any atom is 0.274 e. The lowest BCUT2D eigenvalue weighted by atomic mass is 9.76. The van der Waals surface area contributed by atoms with Crippen molar-refractivity contribution in [3.8, 4) is 11.3 Å². The van der Waals surface area contributed by atoms with Crippen molar-refractivity contribution in [2.75, 3.05) is 5.32 Å². The van der Waals surface area contributed by atoms with E-state index in [1.165, 1.54) is 20.0 Å². The lowest BCUT2D eigenvalue weighted by Gasteiger charge is -2.32. The molecule has 4 rings (SSSR count). The van der Waals surface area contributed by atoms with Crippen LogP contribution in [-0.2, 0) is 6.42 Å². The van der Waals surface area contributed by atoms with Gasteiger partial charge in [-0.1, -0.05) is 6.92 Å². The summed E-state index contributed by atoms with van der Waals surface area (Å²) in [5.74, 6) is -3.15. The van der Waals surface area contributed by atoms with Gasteiger partial charge in [0.2, 0.25) is 0 Å². The number of hydrogen-bond acceptors (Lipinski definition) is 5. The molecular weight excluding hydrogens is 481 g/mol. The van der Waals surface area contributed by atoms with Gasteiger partial charge in [0.15, 0.2) is 0 Å². The van der Waals surface area contributed by atoms with Crippen LogP contribution in [0.1, 0.15) is 67.6 Å². The number of nitrogens with one attached hydrogen (secondary N) is 1. The van der Waals surface area contributed by atoms with E-state index in [4.69, 9.17) is 5.73 Å². The number of pyridine rings is 2. The average molecular weight is 513 g/mol. The zero-order valence-corrected chi connectivity index (χ0v) is 21.1. The van der Waals surface area contributed by atoms with Crippen LogP contribution in [0, 0.1) is 23.4 Å². The van der Waals surface area contributed by atoms with Gasteiger partial charge in [-0.25, -0.2) is 18.2 Å². The molecule has 1 amide bonds. The highest BCUT2D eigenvalue weighted by Crippen LogP contribution is 2.38. The Kier molecular flexibility index (Phi) is 7.66. The summed E-state index contributed by atoms with van der Waals surface area (Å²) in [6.07, 6.45) is 5.81. The number of amides is 1. The average Bonchev–Trinajstić information content (AvgIpc) is 2.78. The van der Waals surface area contributed by atoms with E-state index in [9.17, 15) is 23.1 Å². The Balaban J connectivity index is 1.63. The van der Waals surface area contributed by atoms with Crippen molar-refractivity contribution in [3.63, 3.8) is 0 Å². The molecule has 3 atom stereocenters. The topological polar surface area (TPSA) is 101 Å². The molecule has 0 spiro atoms. The number of carbonyl (C=O) groups is 1. The molecule has 1 aliphatic rings. The van der Waals surface area contributed by atoms with E-state index in [-0.39, 0.29) is 29.6 Å². The van der Waals surface area contributed by atoms with Gasteiger partial charge in [-0.15, -0.1) is 0 Å². The number of halogens is 3. The lowest BCUT2D eigenvalue weighted by Crippen LogP contribution is -2.31. The predicted octanol–water partition coefficient (Wildman–Crippen LogP) is 5.36. The van der Waals surface area contributed by atoms with E-state index in [0.717, 1.165) is 49.1 Å². The van der Waals surface area contributed by atoms with Crippen LogP contribution in [0.2, 0.25) is 0 Å². The molecule has 1 aromatic carbocycles. The van der Waals surface area contributed by atoms with E-state index in [0.29, 0.717) is 11.6 Å². The highest BCUT2D eigenvalue weighted by atomic mass is 19.1. The summed E-state index contributed by atoms with van der Waals surface area (Å²) in [7, 11) is 0. The fourth-order valence-electron chi connectivity index (χ4n) is 5.16. The number of carbonyl (C=O) groups excluding carboxylic acids is 1. The number of aromatic nitrogens is 2. The molecule has 1 saturated carbocycles. The minimum atomic E-state index is -1.19. The van der Waals surface area contributed by atoms with E-state index in [2.05, 4.69) is 22.2 Å². The first-order valence-corrected chi connectivity index (χ1v) is 12.3. The molecule has 1 aliphatic carbocycles. The third kappa shape index (κ3) is 6.34. The standard InChI is InChI=1S/C28H31F3N4O2/c1-15-8-17(12-18(32)9-15)19-6-7-33-14-24(19)35-27(36)23-5-4-20(29)26(34-23)25-21(30)10-16(11-22(25)31)13-28(2,3)37/h4-7,10-11,14-15,17-18,37H,8-9,12-13,32H2,1-3H3,(H,35,36)/t15-,17+,18+/m0/s1. The molecule has 0 aliphatic heterocycles. The Morgan fingerprint density at radius 2 is 1.81 bits per heavy atom. The molecule has 4 N–H and O–H groups in total. The number of aliphatic hydroxyl groups is 1. The monoisotopic (exact) mass is 512 g/mol. The van der Waals surface area contributed by atoms with Crippen LogP contribution < -0.4 is 11.1 Å². The van der Waals surface area contributed by atoms with Gasteiger partial charge in [0.25, 0.3) is 5.91 Å². The molecule has 2 aromatic heterocycles. The van der Waals surface area contributed by atoms with Gasteiger partial charge in [-0.3, -0.25) is 9.78 Å². The van der Waals surface area contributed by atoms with Crippen molar-refractivity contribution in [2.24, 2.45) is 11.7 Å². The number of benzene rings is 1. The minimum Gasteiger partial charge on any atom is -0.390 e. The number of rotatable bonds is 6. The third-order valence-corrected chi connectivity index (χ3v) is 6.58. The molecule has 1 fully saturated rings. The number of nitrogens with zero attached hydrogens (tertiary/aromatic N) is 2. The summed E-state index contributed by atoms with van der Waals surface area (Å²) >= 11 is 0. The first kappa shape index (κ1) is 26.8. The summed E-state index contributed by atoms with van der Waals surface area (Å²) in [4.78, 5) is 21.2. The molecule has 37 heavy (non-hydrogen) atoms. The van der Waals surface area contributed by atoms with Gasteiger partial charge in [0, 0.05) is 18.7 Å². The van der Waals surface area contributed by atoms with Gasteiger partial charge in [0.1, 0.15) is 28.8 Å². The van der Waals surface area contributed by atoms with Gasteiger partial charge < -0.3 is 16.2 Å². The van der Waals surface area contributed by atoms with Crippen molar-refractivity contribution < 1.29 is 23.1 Å². The van der Waals surface area contributed by atoms with Crippen molar-refractivity contribution in [2.45, 2.75) is 64.0 Å². The van der Waals surface area contributed by atoms with Crippen LogP contribution in [0.5, 0.6) is 0 Å². The maximum atomic E-state index is 14.9. The van der Waals surface area contributed by atoms with Crippen LogP contribution in [0.25, 0.3) is 11.3 Å². The predicted molar refractivity (Wildman–Crippen MR) is 135 cm³/mol. The SMILES string of the molecule is C[C@@H]1C[C@@H](N)C[C@H](c2ccncc2NC(=O)c2ccc(F)c(-c3c(F)cc(CC(C)(C)O)cc3F)n2)C1. The van der Waals surface area contributed by atoms with Gasteiger partial charge in [-0.05, 0) is 86.4 Å². The van der Waals surface area contributed by atoms with Crippen LogP contribution in [0.4, 0.5) is 18.9 Å². The number of hydrogen-bond donors (Lipinski definition) is 3. The van der Waals surface area contributed by atoms with Crippen LogP contribution in [0.15, 0.2) is 42.7 Å². The highest BCUT2D eigenvalue weighted by molar-refractivity contribution is 6.03. The van der Waals surface area contributed by atoms with Gasteiger partial charge in [-0.2, -0.15) is 0 Å². The van der Waals surface area contributed by atoms with E-state index < -0.39 is 40.2 Å². The molecule has 2 heterocycles. The van der Waals surface area contributed by atoms with Crippen molar-refractivity contribution in [1.82, 2.24) is 9.97 Å². The second-order valence-corrected chi connectivity index (χ2v) is 10.6. The summed E-state index contributed by atoms with van der Waals surface area (Å²) in [5, 5.41) is 12.7. The fraction of sp³-hybridized carbons (Fsp3) is 0.393. The summed E-state index contributed by atoms with van der Waals surface area (Å²) in [6, 6.07) is 6.07. The highest BCUT2D eigenvalue weighted by Gasteiger charge is 2.28. The zero-order chi connectivity index (χ0) is 26.9. The van der Waals surface area contributed by atoms with E-state index in [1.807, 2.05) is 6.07 Å². The van der Waals surface area contributed by atoms with Crippen LogP contribution in [-0.4, -0.2) is 32.6 Å². The summed E-state index contributed by atoms with van der Waals surface area (Å²) in [5.41, 5.74) is 5.12. The largest absolute Gasteiger partial charge is 0.390 e. The molecule has 196 valence electrons. The second-order valence-electron chi connectivity index (χ2n) is 10.6. The first-order chi connectivity index (χ1) is 17.4. The van der Waals surface area contributed by atoms with Crippen molar-refractivity contribution in [1.29, 1.82) is 0 Å². The molecule has 6 nitrogen and oxygen atoms in total.